The zero-order valence-electron chi connectivity index (χ0n) is 30.5. The zero-order chi connectivity index (χ0) is 38.1. The molecule has 0 saturated carbocycles. The summed E-state index contributed by atoms with van der Waals surface area (Å²) in [5, 5.41) is 57.0. The van der Waals surface area contributed by atoms with Crippen molar-refractivity contribution in [1.29, 1.82) is 10.5 Å². The summed E-state index contributed by atoms with van der Waals surface area (Å²) < 4.78 is 1.68. The Morgan fingerprint density at radius 3 is 2.08 bits per heavy atom. The van der Waals surface area contributed by atoms with Crippen molar-refractivity contribution in [3.05, 3.63) is 62.7 Å². The van der Waals surface area contributed by atoms with Crippen LogP contribution in [-0.2, 0) is 22.2 Å². The SMILES string of the molecule is CC(C)C1=N[N-]C2=C(N=Nc3nc(C#N)c(C#N)[n-]3)C(C(C)(C)C)=N[NH+]12.[C-]#[N+]c1nc(N=Nc2c(C(C)(C)C)nn3c(C(C)C)n[n-]c23)[n-]c1[N+]#[C-].[Co]. The molecule has 2 aliphatic rings. The van der Waals surface area contributed by atoms with Gasteiger partial charge < -0.3 is 39.8 Å². The summed E-state index contributed by atoms with van der Waals surface area (Å²) in [4.78, 5) is 21.9. The van der Waals surface area contributed by atoms with Crippen molar-refractivity contribution in [1.82, 2.24) is 39.7 Å². The summed E-state index contributed by atoms with van der Waals surface area (Å²) in [7, 11) is 0. The number of aromatic nitrogens is 8. The third-order valence-corrected chi connectivity index (χ3v) is 7.34. The Morgan fingerprint density at radius 2 is 1.55 bits per heavy atom. The first-order valence-corrected chi connectivity index (χ1v) is 15.9. The van der Waals surface area contributed by atoms with Gasteiger partial charge in [0.05, 0.1) is 22.9 Å². The fourth-order valence-electron chi connectivity index (χ4n) is 4.85. The molecular weight excluding hydrogens is 723 g/mol. The standard InChI is InChI=1S/2C16H16N10.Co/c1-8(2)13-22-23-14-9(10(16(3,4)5)25-26(13)14)21-24-15-19-11(17-6)12(18-7)20-15;1-8(2)13-22-23-14-11(12(16(3,4)5)25-26(13)14)21-24-15-19-9(6-17)10(7-18)20-15;/h2*8H,1-5H3;/q2*-2;/p+1. The minimum atomic E-state index is -0.292. The van der Waals surface area contributed by atoms with Crippen molar-refractivity contribution in [3.63, 3.8) is 0 Å². The number of hydrogen-bond donors (Lipinski definition) is 1. The summed E-state index contributed by atoms with van der Waals surface area (Å²) in [5.74, 6) is 2.22. The number of nitrogens with zero attached hydrogens (tertiary/aromatic N) is 19. The van der Waals surface area contributed by atoms with Crippen LogP contribution in [0.5, 0.6) is 0 Å². The van der Waals surface area contributed by atoms with Gasteiger partial charge in [-0.05, 0) is 5.92 Å². The van der Waals surface area contributed by atoms with E-state index in [2.05, 4.69) is 75.9 Å². The van der Waals surface area contributed by atoms with E-state index in [1.165, 1.54) is 0 Å². The van der Waals surface area contributed by atoms with Crippen molar-refractivity contribution in [2.24, 2.45) is 42.0 Å². The van der Waals surface area contributed by atoms with Gasteiger partial charge in [0.1, 0.15) is 40.9 Å². The van der Waals surface area contributed by atoms with E-state index < -0.39 is 0 Å². The number of amidine groups is 1. The molecule has 21 heteroatoms. The molecule has 0 aromatic carbocycles. The number of allylic oxidation sites excluding steroid dienone is 1. The smallest absolute Gasteiger partial charge is 0.237 e. The maximum Gasteiger partial charge on any atom is 0.237 e. The minimum Gasteiger partial charge on any atom is -0.562 e. The fraction of sp³-hybridized carbons (Fsp3) is 0.438. The predicted octanol–water partition coefficient (Wildman–Crippen LogP) is 5.67. The van der Waals surface area contributed by atoms with Crippen molar-refractivity contribution in [2.45, 2.75) is 80.6 Å². The minimum absolute atomic E-state index is 0. The second kappa shape index (κ2) is 15.1. The van der Waals surface area contributed by atoms with Crippen LogP contribution in [0.2, 0.25) is 0 Å². The average molecular weight is 757 g/mol. The normalized spacial score (nSPS) is 15.4. The van der Waals surface area contributed by atoms with Crippen molar-refractivity contribution < 1.29 is 21.8 Å². The number of azo groups is 2. The number of rotatable bonds is 6. The first-order valence-electron chi connectivity index (χ1n) is 15.9. The first-order chi connectivity index (χ1) is 24.5. The van der Waals surface area contributed by atoms with E-state index in [4.69, 9.17) is 28.8 Å². The van der Waals surface area contributed by atoms with Gasteiger partial charge in [-0.15, -0.1) is 15.2 Å². The average Bonchev–Trinajstić information content (AvgIpc) is 3.91. The number of hydrogen-bond acceptors (Lipinski definition) is 12. The van der Waals surface area contributed by atoms with Crippen molar-refractivity contribution in [3.8, 4) is 12.1 Å². The van der Waals surface area contributed by atoms with E-state index >= 15 is 0 Å². The number of nitrogens with one attached hydrogen (secondary N) is 1. The predicted molar refractivity (Wildman–Crippen MR) is 185 cm³/mol. The molecule has 1 unspecified atom stereocenters. The van der Waals surface area contributed by atoms with Crippen LogP contribution in [0.1, 0.15) is 98.1 Å². The second-order valence-corrected chi connectivity index (χ2v) is 14.1. The summed E-state index contributed by atoms with van der Waals surface area (Å²) in [6.45, 7) is 34.2. The summed E-state index contributed by atoms with van der Waals surface area (Å²) in [6, 6.07) is 3.62. The van der Waals surface area contributed by atoms with Gasteiger partial charge in [0.15, 0.2) is 0 Å². The molecule has 1 radical (unpaired) electrons. The Hall–Kier alpha value is -6.39. The molecule has 0 aliphatic carbocycles. The quantitative estimate of drug-likeness (QED) is 0.188. The first kappa shape index (κ1) is 39.4. The maximum atomic E-state index is 8.96. The Morgan fingerprint density at radius 1 is 0.868 bits per heavy atom. The Balaban J connectivity index is 0.000000232. The molecule has 6 heterocycles. The number of imidazole rings is 2. The van der Waals surface area contributed by atoms with Crippen LogP contribution in [-0.4, -0.2) is 36.2 Å². The Labute approximate surface area is 315 Å². The van der Waals surface area contributed by atoms with Crippen LogP contribution in [0.25, 0.3) is 20.8 Å². The number of quaternary nitrogens is 1. The fourth-order valence-corrected chi connectivity index (χ4v) is 4.85. The topological polar surface area (TPSA) is 247 Å². The van der Waals surface area contributed by atoms with Gasteiger partial charge in [0.2, 0.25) is 11.8 Å². The zero-order valence-corrected chi connectivity index (χ0v) is 31.5. The van der Waals surface area contributed by atoms with Gasteiger partial charge in [0.25, 0.3) is 0 Å². The maximum absolute atomic E-state index is 8.96. The van der Waals surface area contributed by atoms with E-state index in [0.29, 0.717) is 22.9 Å². The van der Waals surface area contributed by atoms with Crippen LogP contribution >= 0.6 is 0 Å². The largest absolute Gasteiger partial charge is 0.562 e. The van der Waals surface area contributed by atoms with E-state index in [0.717, 1.165) is 28.1 Å². The summed E-state index contributed by atoms with van der Waals surface area (Å²) >= 11 is 0. The summed E-state index contributed by atoms with van der Waals surface area (Å²) in [6.07, 6.45) is 0. The van der Waals surface area contributed by atoms with Crippen LogP contribution < -0.4 is 20.1 Å². The molecule has 0 amide bonds. The molecule has 2 aliphatic heterocycles. The van der Waals surface area contributed by atoms with Crippen LogP contribution in [0.15, 0.2) is 42.2 Å². The van der Waals surface area contributed by atoms with Crippen molar-refractivity contribution in [2.75, 3.05) is 0 Å². The molecule has 4 aromatic heterocycles. The van der Waals surface area contributed by atoms with Crippen molar-refractivity contribution >= 4 is 46.4 Å². The molecule has 0 bridgehead atoms. The molecule has 0 spiro atoms. The Bertz CT molecular complexity index is 2300. The van der Waals surface area contributed by atoms with Gasteiger partial charge in [-0.3, -0.25) is 25.3 Å². The number of fused-ring (bicyclic) bond motifs is 2. The van der Waals surface area contributed by atoms with E-state index in [-0.39, 0.29) is 74.4 Å². The van der Waals surface area contributed by atoms with E-state index in [9.17, 15) is 0 Å². The summed E-state index contributed by atoms with van der Waals surface area (Å²) in [5.41, 5.74) is 6.48. The molecule has 6 rings (SSSR count). The van der Waals surface area contributed by atoms with Gasteiger partial charge in [0, 0.05) is 50.9 Å². The van der Waals surface area contributed by atoms with E-state index in [1.54, 1.807) is 4.52 Å². The third-order valence-electron chi connectivity index (χ3n) is 7.34. The van der Waals surface area contributed by atoms with Crippen LogP contribution in [0.3, 0.4) is 0 Å². The molecule has 273 valence electrons. The molecular formula is C32H33CoN20-3. The Kier molecular flexibility index (Phi) is 11.2. The van der Waals surface area contributed by atoms with E-state index in [1.807, 2.05) is 81.4 Å². The molecule has 4 aromatic rings. The molecule has 53 heavy (non-hydrogen) atoms. The molecule has 20 nitrogen and oxygen atoms in total. The van der Waals surface area contributed by atoms with Gasteiger partial charge in [-0.2, -0.15) is 10.5 Å². The van der Waals surface area contributed by atoms with Crippen LogP contribution in [0.4, 0.5) is 29.2 Å². The van der Waals surface area contributed by atoms with Crippen LogP contribution in [0, 0.1) is 47.1 Å². The van der Waals surface area contributed by atoms with Gasteiger partial charge >= 0.3 is 0 Å². The number of nitriles is 2. The second-order valence-electron chi connectivity index (χ2n) is 14.1. The molecule has 1 atom stereocenters. The third kappa shape index (κ3) is 7.78. The van der Waals surface area contributed by atoms with Gasteiger partial charge in [-0.25, -0.2) is 11.7 Å². The molecule has 0 saturated heterocycles. The molecule has 0 fully saturated rings. The monoisotopic (exact) mass is 756 g/mol. The molecule has 1 N–H and O–H groups in total. The van der Waals surface area contributed by atoms with Gasteiger partial charge in [-0.1, -0.05) is 80.9 Å².